The number of hydrogen-bond acceptors (Lipinski definition) is 4. The van der Waals surface area contributed by atoms with E-state index in [4.69, 9.17) is 0 Å². The molecule has 0 spiro atoms. The van der Waals surface area contributed by atoms with Crippen LogP contribution in [0.2, 0.25) is 0 Å². The first-order valence-corrected chi connectivity index (χ1v) is 20.1. The van der Waals surface area contributed by atoms with Crippen molar-refractivity contribution in [1.82, 2.24) is 0 Å². The largest absolute Gasteiger partial charge is 0.310 e. The maximum atomic E-state index is 2.46. The van der Waals surface area contributed by atoms with Crippen molar-refractivity contribution >= 4 is 88.2 Å². The molecule has 0 amide bonds. The van der Waals surface area contributed by atoms with E-state index in [1.54, 1.807) is 0 Å². The summed E-state index contributed by atoms with van der Waals surface area (Å²) in [5, 5.41) is 5.35. The molecule has 0 fully saturated rings. The summed E-state index contributed by atoms with van der Waals surface area (Å²) in [7, 11) is 0. The summed E-state index contributed by atoms with van der Waals surface area (Å²) in [5.74, 6) is 0. The molecule has 0 unspecified atom stereocenters. The third-order valence-corrected chi connectivity index (χ3v) is 12.7. The molecular formula is C50H38N2S2. The molecule has 0 N–H and O–H groups in total. The number of fused-ring (bicyclic) bond motifs is 6. The van der Waals surface area contributed by atoms with Gasteiger partial charge in [0.25, 0.3) is 0 Å². The summed E-state index contributed by atoms with van der Waals surface area (Å²) >= 11 is 3.80. The van der Waals surface area contributed by atoms with Crippen LogP contribution in [0, 0.1) is 27.7 Å². The quantitative estimate of drug-likeness (QED) is 0.168. The number of aryl methyl sites for hydroxylation is 4. The second-order valence-corrected chi connectivity index (χ2v) is 16.7. The van der Waals surface area contributed by atoms with Gasteiger partial charge in [-0.3, -0.25) is 0 Å². The second kappa shape index (κ2) is 12.9. The van der Waals surface area contributed by atoms with Crippen LogP contribution in [0.1, 0.15) is 22.3 Å². The highest BCUT2D eigenvalue weighted by molar-refractivity contribution is 7.99. The molecule has 1 aromatic heterocycles. The number of rotatable bonds is 6. The molecule has 0 atom stereocenters. The topological polar surface area (TPSA) is 6.48 Å². The fourth-order valence-electron chi connectivity index (χ4n) is 8.42. The van der Waals surface area contributed by atoms with E-state index in [1.165, 1.54) is 91.2 Å². The Hall–Kier alpha value is -5.81. The van der Waals surface area contributed by atoms with Crippen molar-refractivity contribution in [3.8, 4) is 11.1 Å². The van der Waals surface area contributed by atoms with Crippen molar-refractivity contribution in [1.29, 1.82) is 0 Å². The Labute approximate surface area is 324 Å². The Bertz CT molecular complexity index is 2870. The van der Waals surface area contributed by atoms with E-state index in [0.717, 1.165) is 17.1 Å². The van der Waals surface area contributed by atoms with Gasteiger partial charge in [0.1, 0.15) is 0 Å². The fourth-order valence-corrected chi connectivity index (χ4v) is 10.8. The zero-order valence-corrected chi connectivity index (χ0v) is 32.4. The third kappa shape index (κ3) is 5.57. The van der Waals surface area contributed by atoms with Crippen molar-refractivity contribution in [3.05, 3.63) is 180 Å². The number of benzene rings is 8. The predicted octanol–water partition coefficient (Wildman–Crippen LogP) is 15.5. The molecule has 0 saturated heterocycles. The standard InChI is InChI=1S/C50H38N2S2/c1-31-22-32(2)25-39(24-31)51(35-12-7-5-8-13-35)37-18-20-41-44-30-48-49(43-16-11-17-45(50(43)44)53-46(41)28-37)42-21-19-38(29-47(42)54-48)52(36-14-9-6-10-15-36)40-26-33(3)23-34(4)27-40/h5-30H,1-4H3. The normalized spacial score (nSPS) is 12.0. The van der Waals surface area contributed by atoms with Gasteiger partial charge in [-0.25, -0.2) is 0 Å². The number of para-hydroxylation sites is 2. The van der Waals surface area contributed by atoms with Crippen LogP contribution in [-0.4, -0.2) is 0 Å². The average molecular weight is 731 g/mol. The summed E-state index contributed by atoms with van der Waals surface area (Å²) < 4.78 is 2.62. The molecule has 10 rings (SSSR count). The van der Waals surface area contributed by atoms with E-state index in [1.807, 2.05) is 23.1 Å². The lowest BCUT2D eigenvalue weighted by Crippen LogP contribution is -2.10. The van der Waals surface area contributed by atoms with E-state index in [0.29, 0.717) is 0 Å². The lowest BCUT2D eigenvalue weighted by atomic mass is 9.94. The van der Waals surface area contributed by atoms with Gasteiger partial charge in [-0.1, -0.05) is 84.6 Å². The lowest BCUT2D eigenvalue weighted by molar-refractivity contribution is 1.24. The number of hydrogen-bond donors (Lipinski definition) is 0. The first-order chi connectivity index (χ1) is 26.4. The predicted molar refractivity (Wildman–Crippen MR) is 235 cm³/mol. The summed E-state index contributed by atoms with van der Waals surface area (Å²) in [4.78, 5) is 7.38. The van der Waals surface area contributed by atoms with Gasteiger partial charge in [0.05, 0.1) is 0 Å². The molecule has 1 aliphatic heterocycles. The molecule has 260 valence electrons. The van der Waals surface area contributed by atoms with Crippen LogP contribution in [0.4, 0.5) is 34.1 Å². The maximum Gasteiger partial charge on any atom is 0.0476 e. The van der Waals surface area contributed by atoms with Gasteiger partial charge in [-0.15, -0.1) is 11.3 Å². The van der Waals surface area contributed by atoms with Crippen molar-refractivity contribution in [3.63, 3.8) is 0 Å². The summed E-state index contributed by atoms with van der Waals surface area (Å²) in [6, 6.07) is 58.5. The number of anilines is 6. The van der Waals surface area contributed by atoms with Gasteiger partial charge >= 0.3 is 0 Å². The summed E-state index contributed by atoms with van der Waals surface area (Å²) in [6.45, 7) is 8.72. The Morgan fingerprint density at radius 3 is 1.54 bits per heavy atom. The van der Waals surface area contributed by atoms with E-state index in [2.05, 4.69) is 195 Å². The third-order valence-electron chi connectivity index (χ3n) is 10.5. The lowest BCUT2D eigenvalue weighted by Gasteiger charge is -2.28. The van der Waals surface area contributed by atoms with Crippen LogP contribution in [0.5, 0.6) is 0 Å². The van der Waals surface area contributed by atoms with Gasteiger partial charge < -0.3 is 9.80 Å². The summed E-state index contributed by atoms with van der Waals surface area (Å²) in [6.07, 6.45) is 0. The highest BCUT2D eigenvalue weighted by atomic mass is 32.2. The highest BCUT2D eigenvalue weighted by Crippen LogP contribution is 2.53. The monoisotopic (exact) mass is 730 g/mol. The highest BCUT2D eigenvalue weighted by Gasteiger charge is 2.25. The minimum atomic E-state index is 1.15. The van der Waals surface area contributed by atoms with Gasteiger partial charge in [-0.05, 0) is 151 Å². The Balaban J connectivity index is 1.13. The van der Waals surface area contributed by atoms with Gasteiger partial charge in [0.15, 0.2) is 0 Å². The molecule has 9 aromatic rings. The van der Waals surface area contributed by atoms with E-state index in [9.17, 15) is 0 Å². The average Bonchev–Trinajstić information content (AvgIpc) is 3.53. The molecule has 0 saturated carbocycles. The van der Waals surface area contributed by atoms with E-state index >= 15 is 0 Å². The summed E-state index contributed by atoms with van der Waals surface area (Å²) in [5.41, 5.74) is 14.7. The van der Waals surface area contributed by atoms with Crippen LogP contribution in [-0.2, 0) is 0 Å². The van der Waals surface area contributed by atoms with Crippen LogP contribution < -0.4 is 9.80 Å². The van der Waals surface area contributed by atoms with Gasteiger partial charge in [0.2, 0.25) is 0 Å². The van der Waals surface area contributed by atoms with E-state index in [-0.39, 0.29) is 0 Å². The number of nitrogens with zero attached hydrogens (tertiary/aromatic N) is 2. The Morgan fingerprint density at radius 1 is 0.352 bits per heavy atom. The Kier molecular flexibility index (Phi) is 7.87. The van der Waals surface area contributed by atoms with Crippen LogP contribution >= 0.6 is 23.1 Å². The maximum absolute atomic E-state index is 2.46. The van der Waals surface area contributed by atoms with Crippen molar-refractivity contribution in [2.75, 3.05) is 9.80 Å². The Morgan fingerprint density at radius 2 is 0.926 bits per heavy atom. The molecular weight excluding hydrogens is 693 g/mol. The molecule has 2 nitrogen and oxygen atoms in total. The zero-order chi connectivity index (χ0) is 36.5. The van der Waals surface area contributed by atoms with Crippen molar-refractivity contribution in [2.24, 2.45) is 0 Å². The van der Waals surface area contributed by atoms with Crippen molar-refractivity contribution in [2.45, 2.75) is 37.5 Å². The molecule has 0 bridgehead atoms. The molecule has 4 heteroatoms. The van der Waals surface area contributed by atoms with Crippen LogP contribution in [0.3, 0.4) is 0 Å². The minimum Gasteiger partial charge on any atom is -0.310 e. The number of thiophene rings is 1. The van der Waals surface area contributed by atoms with E-state index < -0.39 is 0 Å². The smallest absolute Gasteiger partial charge is 0.0476 e. The zero-order valence-electron chi connectivity index (χ0n) is 30.7. The first kappa shape index (κ1) is 32.8. The molecule has 0 aliphatic carbocycles. The first-order valence-electron chi connectivity index (χ1n) is 18.5. The minimum absolute atomic E-state index is 1.15. The van der Waals surface area contributed by atoms with Crippen molar-refractivity contribution < 1.29 is 0 Å². The molecule has 54 heavy (non-hydrogen) atoms. The van der Waals surface area contributed by atoms with Crippen LogP contribution in [0.15, 0.2) is 168 Å². The van der Waals surface area contributed by atoms with Gasteiger partial charge in [-0.2, -0.15) is 0 Å². The molecule has 0 radical (unpaired) electrons. The fraction of sp³-hybridized carbons (Fsp3) is 0.0800. The molecule has 2 heterocycles. The second-order valence-electron chi connectivity index (χ2n) is 14.6. The molecule has 8 aromatic carbocycles. The van der Waals surface area contributed by atoms with Gasteiger partial charge in [0, 0.05) is 69.5 Å². The SMILES string of the molecule is Cc1cc(C)cc(N(c2ccccc2)c2ccc3c(c2)Sc2cccc4c2c-3cc2sc3cc(N(c5ccccc5)c5cc(C)cc(C)c5)ccc3c24)c1. The molecule has 1 aliphatic rings. The van der Waals surface area contributed by atoms with Crippen LogP contribution in [0.25, 0.3) is 42.1 Å².